The molecule has 1 amide bonds. The molecule has 1 aliphatic rings. The first-order valence-electron chi connectivity index (χ1n) is 8.52. The topological polar surface area (TPSA) is 38.8 Å². The van der Waals surface area contributed by atoms with Crippen LogP contribution in [0.15, 0.2) is 42.5 Å². The van der Waals surface area contributed by atoms with Gasteiger partial charge in [-0.25, -0.2) is 0 Å². The van der Waals surface area contributed by atoms with Crippen molar-refractivity contribution in [2.24, 2.45) is 0 Å². The van der Waals surface area contributed by atoms with E-state index in [1.807, 2.05) is 29.2 Å². The molecule has 0 aliphatic carbocycles. The molecule has 1 heterocycles. The van der Waals surface area contributed by atoms with Crippen molar-refractivity contribution >= 4 is 17.5 Å². The maximum atomic E-state index is 12.6. The first kappa shape index (κ1) is 17.6. The lowest BCUT2D eigenvalue weighted by Crippen LogP contribution is -2.35. The number of piperidine rings is 1. The minimum Gasteiger partial charge on any atom is -0.493 e. The average Bonchev–Trinajstić information content (AvgIpc) is 2.67. The molecule has 1 saturated heterocycles. The summed E-state index contributed by atoms with van der Waals surface area (Å²) >= 11 is 5.89. The van der Waals surface area contributed by atoms with Crippen molar-refractivity contribution in [3.63, 3.8) is 0 Å². The van der Waals surface area contributed by atoms with E-state index in [0.29, 0.717) is 28.7 Å². The second kappa shape index (κ2) is 8.26. The third kappa shape index (κ3) is 4.45. The SMILES string of the molecule is COc1cc(C(=O)N2CCCCC2)ccc1OCc1ccc(Cl)cc1. The van der Waals surface area contributed by atoms with Crippen molar-refractivity contribution in [1.29, 1.82) is 0 Å². The van der Waals surface area contributed by atoms with E-state index < -0.39 is 0 Å². The van der Waals surface area contributed by atoms with E-state index in [1.54, 1.807) is 25.3 Å². The molecule has 0 unspecified atom stereocenters. The molecule has 0 bridgehead atoms. The summed E-state index contributed by atoms with van der Waals surface area (Å²) < 4.78 is 11.3. The fraction of sp³-hybridized carbons (Fsp3) is 0.350. The molecule has 5 heteroatoms. The second-order valence-corrected chi connectivity index (χ2v) is 6.57. The number of likely N-dealkylation sites (tertiary alicyclic amines) is 1. The van der Waals surface area contributed by atoms with Crippen LogP contribution in [0.5, 0.6) is 11.5 Å². The van der Waals surface area contributed by atoms with Gasteiger partial charge in [0.15, 0.2) is 11.5 Å². The number of hydrogen-bond donors (Lipinski definition) is 0. The zero-order valence-electron chi connectivity index (χ0n) is 14.3. The third-order valence-corrected chi connectivity index (χ3v) is 4.61. The molecule has 0 atom stereocenters. The van der Waals surface area contributed by atoms with E-state index >= 15 is 0 Å². The third-order valence-electron chi connectivity index (χ3n) is 4.36. The molecule has 1 aliphatic heterocycles. The normalized spacial score (nSPS) is 14.2. The molecule has 132 valence electrons. The van der Waals surface area contributed by atoms with E-state index in [4.69, 9.17) is 21.1 Å². The Hall–Kier alpha value is -2.20. The van der Waals surface area contributed by atoms with Crippen LogP contribution in [0, 0.1) is 0 Å². The van der Waals surface area contributed by atoms with Crippen LogP contribution < -0.4 is 9.47 Å². The fourth-order valence-electron chi connectivity index (χ4n) is 2.94. The molecular weight excluding hydrogens is 338 g/mol. The minimum atomic E-state index is 0.0576. The van der Waals surface area contributed by atoms with Crippen molar-refractivity contribution in [1.82, 2.24) is 4.90 Å². The number of halogens is 1. The summed E-state index contributed by atoms with van der Waals surface area (Å²) in [7, 11) is 1.58. The van der Waals surface area contributed by atoms with Gasteiger partial charge in [-0.05, 0) is 55.2 Å². The van der Waals surface area contributed by atoms with Crippen LogP contribution in [0.25, 0.3) is 0 Å². The molecule has 0 saturated carbocycles. The quantitative estimate of drug-likeness (QED) is 0.785. The predicted molar refractivity (Wildman–Crippen MR) is 98.5 cm³/mol. The molecule has 0 radical (unpaired) electrons. The second-order valence-electron chi connectivity index (χ2n) is 6.13. The Balaban J connectivity index is 1.70. The Labute approximate surface area is 153 Å². The number of carbonyl (C=O) groups excluding carboxylic acids is 1. The molecule has 0 aromatic heterocycles. The lowest BCUT2D eigenvalue weighted by Gasteiger charge is -2.27. The Bertz CT molecular complexity index is 724. The highest BCUT2D eigenvalue weighted by Crippen LogP contribution is 2.29. The number of amides is 1. The standard InChI is InChI=1S/C20H22ClNO3/c1-24-19-13-16(20(23)22-11-3-2-4-12-22)7-10-18(19)25-14-15-5-8-17(21)9-6-15/h5-10,13H,2-4,11-12,14H2,1H3. The van der Waals surface area contributed by atoms with Gasteiger partial charge in [0.05, 0.1) is 7.11 Å². The van der Waals surface area contributed by atoms with E-state index in [0.717, 1.165) is 31.5 Å². The lowest BCUT2D eigenvalue weighted by molar-refractivity contribution is 0.0724. The smallest absolute Gasteiger partial charge is 0.253 e. The van der Waals surface area contributed by atoms with Crippen LogP contribution in [0.1, 0.15) is 35.2 Å². The number of hydrogen-bond acceptors (Lipinski definition) is 3. The Morgan fingerprint density at radius 3 is 2.44 bits per heavy atom. The number of benzene rings is 2. The highest BCUT2D eigenvalue weighted by atomic mass is 35.5. The zero-order valence-corrected chi connectivity index (χ0v) is 15.1. The molecule has 25 heavy (non-hydrogen) atoms. The summed E-state index contributed by atoms with van der Waals surface area (Å²) in [5, 5.41) is 0.696. The summed E-state index contributed by atoms with van der Waals surface area (Å²) in [6.07, 6.45) is 3.35. The Morgan fingerprint density at radius 1 is 1.04 bits per heavy atom. The summed E-state index contributed by atoms with van der Waals surface area (Å²) in [6, 6.07) is 12.9. The predicted octanol–water partition coefficient (Wildman–Crippen LogP) is 4.55. The van der Waals surface area contributed by atoms with Crippen molar-refractivity contribution in [3.05, 3.63) is 58.6 Å². The molecular formula is C20H22ClNO3. The first-order chi connectivity index (χ1) is 12.2. The van der Waals surface area contributed by atoms with Gasteiger partial charge in [0.1, 0.15) is 6.61 Å². The van der Waals surface area contributed by atoms with Crippen LogP contribution in [0.3, 0.4) is 0 Å². The van der Waals surface area contributed by atoms with Crippen LogP contribution in [0.2, 0.25) is 5.02 Å². The van der Waals surface area contributed by atoms with Gasteiger partial charge in [-0.15, -0.1) is 0 Å². The Morgan fingerprint density at radius 2 is 1.76 bits per heavy atom. The van der Waals surface area contributed by atoms with E-state index in [1.165, 1.54) is 6.42 Å². The number of ether oxygens (including phenoxy) is 2. The monoisotopic (exact) mass is 359 g/mol. The van der Waals surface area contributed by atoms with Crippen LogP contribution in [-0.2, 0) is 6.61 Å². The summed E-state index contributed by atoms with van der Waals surface area (Å²) in [4.78, 5) is 14.5. The molecule has 4 nitrogen and oxygen atoms in total. The van der Waals surface area contributed by atoms with E-state index in [2.05, 4.69) is 0 Å². The van der Waals surface area contributed by atoms with Gasteiger partial charge in [-0.2, -0.15) is 0 Å². The molecule has 0 N–H and O–H groups in total. The van der Waals surface area contributed by atoms with E-state index in [-0.39, 0.29) is 5.91 Å². The molecule has 2 aromatic rings. The van der Waals surface area contributed by atoms with Gasteiger partial charge in [-0.1, -0.05) is 23.7 Å². The number of nitrogens with zero attached hydrogens (tertiary/aromatic N) is 1. The van der Waals surface area contributed by atoms with Crippen molar-refractivity contribution in [2.45, 2.75) is 25.9 Å². The molecule has 3 rings (SSSR count). The van der Waals surface area contributed by atoms with Gasteiger partial charge >= 0.3 is 0 Å². The molecule has 2 aromatic carbocycles. The van der Waals surface area contributed by atoms with Crippen LogP contribution >= 0.6 is 11.6 Å². The van der Waals surface area contributed by atoms with E-state index in [9.17, 15) is 4.79 Å². The average molecular weight is 360 g/mol. The summed E-state index contributed by atoms with van der Waals surface area (Å²) in [6.45, 7) is 2.07. The van der Waals surface area contributed by atoms with Gasteiger partial charge in [0, 0.05) is 23.7 Å². The number of rotatable bonds is 5. The van der Waals surface area contributed by atoms with Gasteiger partial charge in [0.25, 0.3) is 5.91 Å². The van der Waals surface area contributed by atoms with Crippen molar-refractivity contribution in [2.75, 3.05) is 20.2 Å². The first-order valence-corrected chi connectivity index (χ1v) is 8.90. The summed E-state index contributed by atoms with van der Waals surface area (Å²) in [5.74, 6) is 1.24. The van der Waals surface area contributed by atoms with Crippen molar-refractivity contribution in [3.8, 4) is 11.5 Å². The van der Waals surface area contributed by atoms with Crippen molar-refractivity contribution < 1.29 is 14.3 Å². The highest BCUT2D eigenvalue weighted by molar-refractivity contribution is 6.30. The highest BCUT2D eigenvalue weighted by Gasteiger charge is 2.19. The number of carbonyl (C=O) groups is 1. The molecule has 0 spiro atoms. The van der Waals surface area contributed by atoms with Crippen LogP contribution in [-0.4, -0.2) is 31.0 Å². The fourth-order valence-corrected chi connectivity index (χ4v) is 3.07. The van der Waals surface area contributed by atoms with Gasteiger partial charge < -0.3 is 14.4 Å². The molecule has 1 fully saturated rings. The maximum Gasteiger partial charge on any atom is 0.253 e. The zero-order chi connectivity index (χ0) is 17.6. The largest absolute Gasteiger partial charge is 0.493 e. The minimum absolute atomic E-state index is 0.0576. The van der Waals surface area contributed by atoms with Gasteiger partial charge in [0.2, 0.25) is 0 Å². The summed E-state index contributed by atoms with van der Waals surface area (Å²) in [5.41, 5.74) is 1.65. The number of methoxy groups -OCH3 is 1. The van der Waals surface area contributed by atoms with Gasteiger partial charge in [-0.3, -0.25) is 4.79 Å². The maximum absolute atomic E-state index is 12.6. The lowest BCUT2D eigenvalue weighted by atomic mass is 10.1. The Kier molecular flexibility index (Phi) is 5.82. The van der Waals surface area contributed by atoms with Crippen LogP contribution in [0.4, 0.5) is 0 Å².